The highest BCUT2D eigenvalue weighted by atomic mass is 79.9. The summed E-state index contributed by atoms with van der Waals surface area (Å²) >= 11 is 3.43. The van der Waals surface area contributed by atoms with Crippen molar-refractivity contribution in [2.75, 3.05) is 0 Å². The second-order valence-corrected chi connectivity index (χ2v) is 8.97. The van der Waals surface area contributed by atoms with E-state index in [0.29, 0.717) is 12.5 Å². The third-order valence-corrected chi connectivity index (χ3v) is 6.71. The quantitative estimate of drug-likeness (QED) is 0.488. The van der Waals surface area contributed by atoms with Crippen molar-refractivity contribution in [3.63, 3.8) is 0 Å². The maximum Gasteiger partial charge on any atom is 0.244 e. The molecule has 0 radical (unpaired) electrons. The molecule has 0 aliphatic heterocycles. The summed E-state index contributed by atoms with van der Waals surface area (Å²) in [6.07, 6.45) is 6.51. The van der Waals surface area contributed by atoms with E-state index in [2.05, 4.69) is 33.4 Å². The number of amides is 1. The third kappa shape index (κ3) is 4.14. The molecule has 0 unspecified atom stereocenters. The number of rotatable bonds is 6. The second kappa shape index (κ2) is 8.08. The summed E-state index contributed by atoms with van der Waals surface area (Å²) in [6, 6.07) is 15.8. The first-order chi connectivity index (χ1) is 13.6. The molecular weight excluding hydrogens is 416 g/mol. The van der Waals surface area contributed by atoms with Crippen LogP contribution in [-0.4, -0.2) is 12.1 Å². The number of fused-ring (bicyclic) bond motifs is 1. The maximum atomic E-state index is 12.5. The monoisotopic (exact) mass is 440 g/mol. The number of benzene rings is 2. The molecule has 146 valence electrons. The number of carbonyl (C=O) groups excluding carboxylic acids is 1. The van der Waals surface area contributed by atoms with Crippen LogP contribution in [0.4, 0.5) is 0 Å². The van der Waals surface area contributed by atoms with Crippen LogP contribution >= 0.6 is 15.9 Å². The van der Waals surface area contributed by atoms with Crippen molar-refractivity contribution >= 4 is 28.1 Å². The van der Waals surface area contributed by atoms with E-state index in [1.54, 1.807) is 6.21 Å². The predicted molar refractivity (Wildman–Crippen MR) is 114 cm³/mol. The van der Waals surface area contributed by atoms with Gasteiger partial charge in [0, 0.05) is 10.4 Å². The first-order valence-corrected chi connectivity index (χ1v) is 10.7. The molecule has 1 N–H and O–H groups in total. The summed E-state index contributed by atoms with van der Waals surface area (Å²) < 4.78 is 6.91. The molecule has 4 rings (SSSR count). The Bertz CT molecular complexity index is 880. The van der Waals surface area contributed by atoms with Gasteiger partial charge in [0.25, 0.3) is 0 Å². The molecular formula is C23H25BrN2O2. The summed E-state index contributed by atoms with van der Waals surface area (Å²) in [5.41, 5.74) is 4.95. The van der Waals surface area contributed by atoms with Gasteiger partial charge < -0.3 is 4.74 Å². The molecule has 4 nitrogen and oxygen atoms in total. The van der Waals surface area contributed by atoms with Crippen LogP contribution in [-0.2, 0) is 11.4 Å². The number of hydrogen-bond donors (Lipinski definition) is 1. The van der Waals surface area contributed by atoms with Gasteiger partial charge >= 0.3 is 0 Å². The molecule has 2 aromatic rings. The van der Waals surface area contributed by atoms with E-state index in [9.17, 15) is 4.79 Å². The Kier molecular flexibility index (Phi) is 5.54. The van der Waals surface area contributed by atoms with Crippen LogP contribution < -0.4 is 10.2 Å². The lowest BCUT2D eigenvalue weighted by atomic mass is 9.90. The van der Waals surface area contributed by atoms with Crippen molar-refractivity contribution in [3.05, 3.63) is 64.1 Å². The zero-order chi connectivity index (χ0) is 19.6. The van der Waals surface area contributed by atoms with Gasteiger partial charge in [-0.1, -0.05) is 60.0 Å². The molecule has 0 spiro atoms. The Morgan fingerprint density at radius 2 is 2.11 bits per heavy atom. The average molecular weight is 441 g/mol. The van der Waals surface area contributed by atoms with E-state index in [-0.39, 0.29) is 17.2 Å². The Labute approximate surface area is 174 Å². The van der Waals surface area contributed by atoms with Gasteiger partial charge in [-0.25, -0.2) is 5.43 Å². The van der Waals surface area contributed by atoms with Gasteiger partial charge in [0.2, 0.25) is 5.91 Å². The number of hydrogen-bond acceptors (Lipinski definition) is 3. The van der Waals surface area contributed by atoms with Gasteiger partial charge in [-0.15, -0.1) is 0 Å². The fraction of sp³-hybridized carbons (Fsp3) is 0.391. The smallest absolute Gasteiger partial charge is 0.244 e. The maximum absolute atomic E-state index is 12.5. The normalized spacial score (nSPS) is 25.9. The number of nitrogens with zero attached hydrogens (tertiary/aromatic N) is 1. The van der Waals surface area contributed by atoms with Crippen LogP contribution in [0.3, 0.4) is 0 Å². The standard InChI is InChI=1S/C23H25BrN2O2/c1-23-12-3-2-7-20(23)21(23)22(27)26-25-14-17-5-4-6-19(13-17)28-15-16-8-10-18(24)11-9-16/h4-6,8-11,13-14,20-21H,2-3,7,12,15H2,1H3,(H,26,27)/b25-14-/t20-,21-,23+/m1/s1. The van der Waals surface area contributed by atoms with Gasteiger partial charge in [-0.3, -0.25) is 4.79 Å². The number of halogens is 1. The molecule has 28 heavy (non-hydrogen) atoms. The Morgan fingerprint density at radius 1 is 1.29 bits per heavy atom. The van der Waals surface area contributed by atoms with Gasteiger partial charge in [-0.05, 0) is 59.6 Å². The molecule has 2 aliphatic carbocycles. The average Bonchev–Trinajstić information content (AvgIpc) is 3.33. The van der Waals surface area contributed by atoms with Crippen LogP contribution in [0.2, 0.25) is 0 Å². The van der Waals surface area contributed by atoms with Gasteiger partial charge in [0.15, 0.2) is 0 Å². The van der Waals surface area contributed by atoms with Crippen molar-refractivity contribution in [1.82, 2.24) is 5.43 Å². The van der Waals surface area contributed by atoms with Gasteiger partial charge in [0.05, 0.1) is 6.21 Å². The topological polar surface area (TPSA) is 50.7 Å². The Morgan fingerprint density at radius 3 is 2.86 bits per heavy atom. The summed E-state index contributed by atoms with van der Waals surface area (Å²) in [6.45, 7) is 2.75. The van der Waals surface area contributed by atoms with Crippen molar-refractivity contribution in [1.29, 1.82) is 0 Å². The SMILES string of the molecule is C[C@]12CCCC[C@@H]1[C@@H]2C(=O)N/N=C\c1cccc(OCc2ccc(Br)cc2)c1. The van der Waals surface area contributed by atoms with E-state index in [4.69, 9.17) is 4.74 Å². The van der Waals surface area contributed by atoms with Gasteiger partial charge in [-0.2, -0.15) is 5.10 Å². The zero-order valence-corrected chi connectivity index (χ0v) is 17.6. The summed E-state index contributed by atoms with van der Waals surface area (Å²) in [5.74, 6) is 1.52. The lowest BCUT2D eigenvalue weighted by Crippen LogP contribution is -2.22. The van der Waals surface area contributed by atoms with Crippen LogP contribution in [0.5, 0.6) is 5.75 Å². The van der Waals surface area contributed by atoms with Crippen LogP contribution in [0.1, 0.15) is 43.7 Å². The van der Waals surface area contributed by atoms with Crippen LogP contribution in [0.25, 0.3) is 0 Å². The molecule has 3 atom stereocenters. The molecule has 1 amide bonds. The van der Waals surface area contributed by atoms with Crippen molar-refractivity contribution in [2.24, 2.45) is 22.4 Å². The van der Waals surface area contributed by atoms with Gasteiger partial charge in [0.1, 0.15) is 12.4 Å². The molecule has 0 bridgehead atoms. The minimum absolute atomic E-state index is 0.0632. The number of carbonyl (C=O) groups is 1. The lowest BCUT2D eigenvalue weighted by Gasteiger charge is -2.15. The first-order valence-electron chi connectivity index (χ1n) is 9.86. The summed E-state index contributed by atoms with van der Waals surface area (Å²) in [4.78, 5) is 12.5. The van der Waals surface area contributed by atoms with E-state index in [1.165, 1.54) is 19.3 Å². The van der Waals surface area contributed by atoms with Crippen LogP contribution in [0, 0.1) is 17.3 Å². The highest BCUT2D eigenvalue weighted by Gasteiger charge is 2.64. The summed E-state index contributed by atoms with van der Waals surface area (Å²) in [5, 5.41) is 4.18. The molecule has 2 saturated carbocycles. The molecule has 2 aromatic carbocycles. The largest absolute Gasteiger partial charge is 0.489 e. The first kappa shape index (κ1) is 19.2. The molecule has 2 fully saturated rings. The minimum atomic E-state index is 0.0632. The highest BCUT2D eigenvalue weighted by molar-refractivity contribution is 9.10. The molecule has 5 heteroatoms. The zero-order valence-electron chi connectivity index (χ0n) is 16.0. The van der Waals surface area contributed by atoms with E-state index in [0.717, 1.165) is 27.8 Å². The number of hydrazone groups is 1. The van der Waals surface area contributed by atoms with E-state index >= 15 is 0 Å². The fourth-order valence-electron chi connectivity index (χ4n) is 4.52. The number of nitrogens with one attached hydrogen (secondary N) is 1. The highest BCUT2D eigenvalue weighted by Crippen LogP contribution is 2.66. The summed E-state index contributed by atoms with van der Waals surface area (Å²) in [7, 11) is 0. The van der Waals surface area contributed by atoms with E-state index < -0.39 is 0 Å². The third-order valence-electron chi connectivity index (χ3n) is 6.18. The fourth-order valence-corrected chi connectivity index (χ4v) is 4.79. The molecule has 0 saturated heterocycles. The number of ether oxygens (including phenoxy) is 1. The second-order valence-electron chi connectivity index (χ2n) is 8.06. The predicted octanol–water partition coefficient (Wildman–Crippen LogP) is 5.30. The Balaban J connectivity index is 1.30. The molecule has 2 aliphatic rings. The van der Waals surface area contributed by atoms with E-state index in [1.807, 2.05) is 48.5 Å². The van der Waals surface area contributed by atoms with Crippen molar-refractivity contribution in [3.8, 4) is 5.75 Å². The minimum Gasteiger partial charge on any atom is -0.489 e. The molecule has 0 heterocycles. The molecule has 0 aromatic heterocycles. The van der Waals surface area contributed by atoms with Crippen LogP contribution in [0.15, 0.2) is 58.1 Å². The van der Waals surface area contributed by atoms with Crippen molar-refractivity contribution in [2.45, 2.75) is 39.2 Å². The Hall–Kier alpha value is -2.14. The lowest BCUT2D eigenvalue weighted by molar-refractivity contribution is -0.123. The van der Waals surface area contributed by atoms with Crippen molar-refractivity contribution < 1.29 is 9.53 Å².